The topological polar surface area (TPSA) is 33.1 Å². The van der Waals surface area contributed by atoms with Crippen LogP contribution in [0.2, 0.25) is 0 Å². The van der Waals surface area contributed by atoms with E-state index in [0.717, 1.165) is 10.8 Å². The molecule has 0 amide bonds. The van der Waals surface area contributed by atoms with Crippen LogP contribution in [-0.2, 0) is 0 Å². The van der Waals surface area contributed by atoms with Crippen molar-refractivity contribution in [3.8, 4) is 0 Å². The maximum atomic E-state index is 5.90. The first-order valence-corrected chi connectivity index (χ1v) is 11.7. The van der Waals surface area contributed by atoms with E-state index in [1.165, 1.54) is 68.3 Å². The zero-order chi connectivity index (χ0) is 20.0. The Labute approximate surface area is 179 Å². The molecule has 3 aliphatic rings. The van der Waals surface area contributed by atoms with E-state index >= 15 is 0 Å². The molecule has 154 valence electrons. The van der Waals surface area contributed by atoms with Gasteiger partial charge < -0.3 is 14.8 Å². The number of hydrogen-bond acceptors (Lipinski definition) is 2. The highest BCUT2D eigenvalue weighted by Crippen LogP contribution is 2.45. The van der Waals surface area contributed by atoms with Gasteiger partial charge in [-0.1, -0.05) is 31.7 Å². The summed E-state index contributed by atoms with van der Waals surface area (Å²) < 4.78 is 2.62. The highest BCUT2D eigenvalue weighted by molar-refractivity contribution is 7.80. The second-order valence-corrected chi connectivity index (χ2v) is 9.49. The average Bonchev–Trinajstić information content (AvgIpc) is 3.50. The van der Waals surface area contributed by atoms with Crippen LogP contribution in [0.25, 0.3) is 0 Å². The molecule has 1 N–H and O–H groups in total. The van der Waals surface area contributed by atoms with Crippen LogP contribution >= 0.6 is 12.2 Å². The number of aryl methyl sites for hydroxylation is 1. The fourth-order valence-electron chi connectivity index (χ4n) is 6.10. The number of nitrogens with one attached hydrogen (secondary N) is 1. The molecule has 5 rings (SSSR count). The summed E-state index contributed by atoms with van der Waals surface area (Å²) >= 11 is 5.90. The van der Waals surface area contributed by atoms with Crippen LogP contribution in [0.3, 0.4) is 0 Å². The van der Waals surface area contributed by atoms with Crippen molar-refractivity contribution in [2.24, 2.45) is 0 Å². The second-order valence-electron chi connectivity index (χ2n) is 9.11. The van der Waals surface area contributed by atoms with Crippen molar-refractivity contribution in [2.75, 3.05) is 0 Å². The van der Waals surface area contributed by atoms with E-state index in [1.54, 1.807) is 0 Å². The Morgan fingerprint density at radius 1 is 1.00 bits per heavy atom. The average molecular weight is 409 g/mol. The molecule has 0 bridgehead atoms. The first-order chi connectivity index (χ1) is 14.1. The second kappa shape index (κ2) is 7.75. The van der Waals surface area contributed by atoms with Crippen LogP contribution in [0, 0.1) is 13.8 Å². The SMILES string of the molecule is Cc1cc([C@@H]2[C@@H](c3ccccn3)NC(=S)N2C2CCCC2)c(C)n1C1CCCC1. The van der Waals surface area contributed by atoms with Gasteiger partial charge in [0, 0.05) is 29.7 Å². The maximum Gasteiger partial charge on any atom is 0.170 e. The van der Waals surface area contributed by atoms with Crippen molar-refractivity contribution >= 4 is 17.3 Å². The molecule has 2 aliphatic carbocycles. The van der Waals surface area contributed by atoms with E-state index in [-0.39, 0.29) is 12.1 Å². The quantitative estimate of drug-likeness (QED) is 0.674. The minimum absolute atomic E-state index is 0.113. The van der Waals surface area contributed by atoms with Gasteiger partial charge in [0.1, 0.15) is 0 Å². The summed E-state index contributed by atoms with van der Waals surface area (Å²) in [4.78, 5) is 7.24. The Balaban J connectivity index is 1.59. The van der Waals surface area contributed by atoms with Crippen molar-refractivity contribution < 1.29 is 0 Å². The van der Waals surface area contributed by atoms with E-state index in [4.69, 9.17) is 17.2 Å². The maximum absolute atomic E-state index is 5.90. The number of rotatable bonds is 4. The standard InChI is InChI=1S/C24H32N4S/c1-16-15-20(17(2)27(16)18-9-3-4-10-18)23-22(21-13-7-8-14-25-21)26-24(29)28(23)19-11-5-6-12-19/h7-8,13-15,18-19,22-23H,3-6,9-12H2,1-2H3,(H,26,29)/t22-,23-/m1/s1. The molecule has 0 aromatic carbocycles. The molecular formula is C24H32N4S. The predicted molar refractivity (Wildman–Crippen MR) is 121 cm³/mol. The van der Waals surface area contributed by atoms with E-state index in [2.05, 4.69) is 46.8 Å². The van der Waals surface area contributed by atoms with E-state index in [0.29, 0.717) is 12.1 Å². The van der Waals surface area contributed by atoms with Gasteiger partial charge in [-0.2, -0.15) is 0 Å². The highest BCUT2D eigenvalue weighted by atomic mass is 32.1. The minimum Gasteiger partial charge on any atom is -0.352 e. The fourth-order valence-corrected chi connectivity index (χ4v) is 6.49. The smallest absolute Gasteiger partial charge is 0.170 e. The van der Waals surface area contributed by atoms with E-state index < -0.39 is 0 Å². The molecule has 2 saturated carbocycles. The zero-order valence-corrected chi connectivity index (χ0v) is 18.4. The summed E-state index contributed by atoms with van der Waals surface area (Å²) in [6.45, 7) is 4.61. The number of thiocarbonyl (C=S) groups is 1. The van der Waals surface area contributed by atoms with Crippen LogP contribution in [0.5, 0.6) is 0 Å². The number of pyridine rings is 1. The minimum atomic E-state index is 0.113. The van der Waals surface area contributed by atoms with Gasteiger partial charge in [0.2, 0.25) is 0 Å². The molecule has 2 atom stereocenters. The van der Waals surface area contributed by atoms with Crippen molar-refractivity contribution in [3.63, 3.8) is 0 Å². The Morgan fingerprint density at radius 2 is 1.69 bits per heavy atom. The van der Waals surface area contributed by atoms with Crippen LogP contribution in [-0.4, -0.2) is 25.6 Å². The molecule has 0 spiro atoms. The van der Waals surface area contributed by atoms with Crippen molar-refractivity contribution in [2.45, 2.75) is 89.4 Å². The van der Waals surface area contributed by atoms with Crippen molar-refractivity contribution in [1.29, 1.82) is 0 Å². The van der Waals surface area contributed by atoms with Crippen LogP contribution in [0.15, 0.2) is 30.5 Å². The Morgan fingerprint density at radius 3 is 2.34 bits per heavy atom. The fraction of sp³-hybridized carbons (Fsp3) is 0.583. The lowest BCUT2D eigenvalue weighted by Crippen LogP contribution is -2.37. The first-order valence-electron chi connectivity index (χ1n) is 11.3. The molecule has 3 fully saturated rings. The van der Waals surface area contributed by atoms with Gasteiger partial charge >= 0.3 is 0 Å². The molecule has 3 heterocycles. The highest BCUT2D eigenvalue weighted by Gasteiger charge is 2.45. The third kappa shape index (κ3) is 3.27. The predicted octanol–water partition coefficient (Wildman–Crippen LogP) is 5.53. The third-order valence-corrected chi connectivity index (χ3v) is 7.71. The monoisotopic (exact) mass is 408 g/mol. The molecule has 29 heavy (non-hydrogen) atoms. The van der Waals surface area contributed by atoms with Crippen LogP contribution < -0.4 is 5.32 Å². The first kappa shape index (κ1) is 19.1. The molecule has 2 aromatic heterocycles. The lowest BCUT2D eigenvalue weighted by Gasteiger charge is -2.33. The summed E-state index contributed by atoms with van der Waals surface area (Å²) in [5, 5.41) is 4.56. The molecular weight excluding hydrogens is 376 g/mol. The lowest BCUT2D eigenvalue weighted by molar-refractivity contribution is 0.244. The van der Waals surface area contributed by atoms with Gasteiger partial charge in [0.15, 0.2) is 5.11 Å². The molecule has 1 saturated heterocycles. The Hall–Kier alpha value is -1.88. The molecule has 2 aromatic rings. The van der Waals surface area contributed by atoms with Crippen LogP contribution in [0.4, 0.5) is 0 Å². The van der Waals surface area contributed by atoms with Gasteiger partial charge in [0.25, 0.3) is 0 Å². The Kier molecular flexibility index (Phi) is 5.10. The van der Waals surface area contributed by atoms with Gasteiger partial charge in [-0.3, -0.25) is 4.98 Å². The van der Waals surface area contributed by atoms with Crippen molar-refractivity contribution in [1.82, 2.24) is 19.8 Å². The summed E-state index contributed by atoms with van der Waals surface area (Å²) in [6.07, 6.45) is 12.4. The molecule has 1 aliphatic heterocycles. The van der Waals surface area contributed by atoms with Gasteiger partial charge in [-0.05, 0) is 75.5 Å². The summed E-state index contributed by atoms with van der Waals surface area (Å²) in [5.74, 6) is 0. The molecule has 5 heteroatoms. The van der Waals surface area contributed by atoms with Gasteiger partial charge in [-0.25, -0.2) is 0 Å². The van der Waals surface area contributed by atoms with E-state index in [1.807, 2.05) is 12.3 Å². The van der Waals surface area contributed by atoms with E-state index in [9.17, 15) is 0 Å². The van der Waals surface area contributed by atoms with Crippen molar-refractivity contribution in [3.05, 3.63) is 53.1 Å². The Bertz CT molecular complexity index is 878. The number of hydrogen-bond donors (Lipinski definition) is 1. The lowest BCUT2D eigenvalue weighted by atomic mass is 9.95. The molecule has 4 nitrogen and oxygen atoms in total. The molecule has 0 unspecified atom stereocenters. The largest absolute Gasteiger partial charge is 0.352 e. The van der Waals surface area contributed by atoms with Gasteiger partial charge in [-0.15, -0.1) is 0 Å². The summed E-state index contributed by atoms with van der Waals surface area (Å²) in [5.41, 5.74) is 5.35. The summed E-state index contributed by atoms with van der Waals surface area (Å²) in [7, 11) is 0. The third-order valence-electron chi connectivity index (χ3n) is 7.39. The normalized spacial score (nSPS) is 25.9. The zero-order valence-electron chi connectivity index (χ0n) is 17.6. The van der Waals surface area contributed by atoms with Gasteiger partial charge in [0.05, 0.1) is 17.8 Å². The van der Waals surface area contributed by atoms with Crippen LogP contribution in [0.1, 0.15) is 92.1 Å². The number of aromatic nitrogens is 2. The molecule has 0 radical (unpaired) electrons. The number of nitrogens with zero attached hydrogens (tertiary/aromatic N) is 3. The summed E-state index contributed by atoms with van der Waals surface area (Å²) in [6, 6.07) is 10.2.